The molecule has 0 heterocycles. The van der Waals surface area contributed by atoms with Crippen LogP contribution in [0.2, 0.25) is 0 Å². The fraction of sp³-hybridized carbons (Fsp3) is 0.579. The first-order chi connectivity index (χ1) is 26.5. The molecule has 0 aliphatic carbocycles. The van der Waals surface area contributed by atoms with Crippen LogP contribution in [0.5, 0.6) is 0 Å². The minimum Gasteiger partial charge on any atom is -0.394 e. The summed E-state index contributed by atoms with van der Waals surface area (Å²) in [6.07, 6.45) is -0.167. The largest absolute Gasteiger partial charge is 0.394 e. The average Bonchev–Trinajstić information content (AvgIpc) is 2.99. The van der Waals surface area contributed by atoms with Crippen LogP contribution in [0.15, 0.2) is 36.4 Å². The van der Waals surface area contributed by atoms with E-state index >= 15 is 0 Å². The number of aryl methyl sites for hydroxylation is 8. The maximum absolute atomic E-state index is 8.06. The fourth-order valence-corrected chi connectivity index (χ4v) is 10.2. The van der Waals surface area contributed by atoms with Crippen molar-refractivity contribution in [3.8, 4) is 0 Å². The maximum atomic E-state index is 8.06. The van der Waals surface area contributed by atoms with E-state index in [1.54, 1.807) is 41.7 Å². The smallest absolute Gasteiger partial charge is 0.0483 e. The van der Waals surface area contributed by atoms with Crippen molar-refractivity contribution in [1.82, 2.24) is 0 Å². The molecule has 58 heavy (non-hydrogen) atoms. The molecular formula is C57H92O. The SMILES string of the molecule is CC(C)O.Cc1c(C(C)C)c(C)c(C(C)C)c(C)c1C(C)C.Cc1cc(C)c(C(C)C)c(C)c1.Cc1cc(C)c(C(C)C)c(C)c1C(C)C.Cc1cc(C)cc(C)c1. The van der Waals surface area contributed by atoms with Crippen molar-refractivity contribution in [3.05, 3.63) is 137 Å². The Morgan fingerprint density at radius 3 is 0.638 bits per heavy atom. The van der Waals surface area contributed by atoms with E-state index in [4.69, 9.17) is 5.11 Å². The normalized spacial score (nSPS) is 11.1. The Morgan fingerprint density at radius 2 is 0.431 bits per heavy atom. The van der Waals surface area contributed by atoms with Crippen LogP contribution in [-0.4, -0.2) is 11.2 Å². The third-order valence-corrected chi connectivity index (χ3v) is 11.1. The summed E-state index contributed by atoms with van der Waals surface area (Å²) in [5, 5.41) is 8.06. The summed E-state index contributed by atoms with van der Waals surface area (Å²) < 4.78 is 0. The Bertz CT molecular complexity index is 1680. The van der Waals surface area contributed by atoms with E-state index in [2.05, 4.69) is 203 Å². The molecule has 0 fully saturated rings. The highest BCUT2D eigenvalue weighted by molar-refractivity contribution is 5.54. The second-order valence-corrected chi connectivity index (χ2v) is 19.6. The Balaban J connectivity index is 0.000000740. The third-order valence-electron chi connectivity index (χ3n) is 11.1. The van der Waals surface area contributed by atoms with Gasteiger partial charge in [0.1, 0.15) is 0 Å². The van der Waals surface area contributed by atoms with Gasteiger partial charge in [0, 0.05) is 6.10 Å². The van der Waals surface area contributed by atoms with Gasteiger partial charge in [0.25, 0.3) is 0 Å². The Kier molecular flexibility index (Phi) is 23.5. The molecule has 4 aromatic rings. The fourth-order valence-electron chi connectivity index (χ4n) is 10.2. The molecule has 0 bridgehead atoms. The predicted molar refractivity (Wildman–Crippen MR) is 265 cm³/mol. The van der Waals surface area contributed by atoms with Crippen LogP contribution in [-0.2, 0) is 0 Å². The number of aliphatic hydroxyl groups is 1. The van der Waals surface area contributed by atoms with Gasteiger partial charge in [0.2, 0.25) is 0 Å². The Morgan fingerprint density at radius 1 is 0.259 bits per heavy atom. The lowest BCUT2D eigenvalue weighted by Crippen LogP contribution is -2.10. The van der Waals surface area contributed by atoms with Crippen LogP contribution < -0.4 is 0 Å². The van der Waals surface area contributed by atoms with Gasteiger partial charge in [-0.15, -0.1) is 0 Å². The summed E-state index contributed by atoms with van der Waals surface area (Å²) >= 11 is 0. The molecule has 0 aliphatic heterocycles. The van der Waals surface area contributed by atoms with E-state index in [1.165, 1.54) is 72.3 Å². The van der Waals surface area contributed by atoms with Crippen molar-refractivity contribution >= 4 is 0 Å². The maximum Gasteiger partial charge on any atom is 0.0483 e. The number of hydrogen-bond acceptors (Lipinski definition) is 1. The molecular weight excluding hydrogens is 701 g/mol. The van der Waals surface area contributed by atoms with E-state index in [9.17, 15) is 0 Å². The second kappa shape index (κ2) is 24.8. The summed E-state index contributed by atoms with van der Waals surface area (Å²) in [6.45, 7) is 57.6. The van der Waals surface area contributed by atoms with E-state index < -0.39 is 0 Å². The first kappa shape index (κ1) is 54.8. The average molecular weight is 793 g/mol. The van der Waals surface area contributed by atoms with Crippen LogP contribution in [0.3, 0.4) is 0 Å². The molecule has 0 atom stereocenters. The summed E-state index contributed by atoms with van der Waals surface area (Å²) in [4.78, 5) is 0. The minimum atomic E-state index is -0.167. The predicted octanol–water partition coefficient (Wildman–Crippen LogP) is 17.6. The number of aliphatic hydroxyl groups excluding tert-OH is 1. The van der Waals surface area contributed by atoms with Gasteiger partial charge in [-0.05, 0) is 210 Å². The van der Waals surface area contributed by atoms with E-state index in [1.807, 2.05) is 0 Å². The highest BCUT2D eigenvalue weighted by Gasteiger charge is 2.21. The molecule has 0 radical (unpaired) electrons. The van der Waals surface area contributed by atoms with Gasteiger partial charge in [-0.25, -0.2) is 0 Å². The second-order valence-electron chi connectivity index (χ2n) is 19.6. The van der Waals surface area contributed by atoms with Crippen molar-refractivity contribution in [1.29, 1.82) is 0 Å². The standard InChI is InChI=1S/C18H30.C15H24.C12H18.C9H12.C3H8O/c1-10(2)16-13(7)17(11(3)4)15(9)18(12(5)6)14(16)8;1-9(2)14-11(5)8-12(6)15(10(3)4)13(14)7;1-8(2)12-10(4)6-9(3)7-11(12)5;1-7-4-8(2)6-9(3)5-7;1-3(2)4/h10-12H,1-9H3;8-10H,1-7H3;6-8H,1-5H3;4-6H,1-3H3;3-4H,1-2H3. The molecule has 326 valence electrons. The van der Waals surface area contributed by atoms with Gasteiger partial charge in [-0.2, -0.15) is 0 Å². The van der Waals surface area contributed by atoms with Crippen molar-refractivity contribution in [2.45, 2.75) is 222 Å². The van der Waals surface area contributed by atoms with Crippen LogP contribution in [0.25, 0.3) is 0 Å². The van der Waals surface area contributed by atoms with Crippen molar-refractivity contribution in [2.75, 3.05) is 0 Å². The zero-order chi connectivity index (χ0) is 45.7. The lowest BCUT2D eigenvalue weighted by molar-refractivity contribution is 0.216. The zero-order valence-corrected chi connectivity index (χ0v) is 43.0. The molecule has 0 unspecified atom stereocenters. The Labute approximate surface area is 361 Å². The molecule has 0 aromatic heterocycles. The van der Waals surface area contributed by atoms with Gasteiger partial charge in [0.15, 0.2) is 0 Å². The molecule has 1 N–H and O–H groups in total. The quantitative estimate of drug-likeness (QED) is 0.206. The third kappa shape index (κ3) is 16.5. The summed E-state index contributed by atoms with van der Waals surface area (Å²) in [5.41, 5.74) is 26.6. The summed E-state index contributed by atoms with van der Waals surface area (Å²) in [6, 6.07) is 13.4. The lowest BCUT2D eigenvalue weighted by atomic mass is 9.78. The molecule has 0 saturated heterocycles. The Hall–Kier alpha value is -3.16. The molecule has 0 aliphatic rings. The van der Waals surface area contributed by atoms with E-state index in [0.717, 1.165) is 0 Å². The number of hydrogen-bond donors (Lipinski definition) is 1. The first-order valence-corrected chi connectivity index (χ1v) is 22.5. The molecule has 4 aromatic carbocycles. The highest BCUT2D eigenvalue weighted by Crippen LogP contribution is 2.38. The van der Waals surface area contributed by atoms with Crippen LogP contribution in [0.4, 0.5) is 0 Å². The minimum absolute atomic E-state index is 0.167. The van der Waals surface area contributed by atoms with Gasteiger partial charge in [0.05, 0.1) is 0 Å². The van der Waals surface area contributed by atoms with Crippen LogP contribution >= 0.6 is 0 Å². The summed E-state index contributed by atoms with van der Waals surface area (Å²) in [7, 11) is 0. The zero-order valence-electron chi connectivity index (χ0n) is 43.0. The molecule has 0 spiro atoms. The monoisotopic (exact) mass is 793 g/mol. The van der Waals surface area contributed by atoms with E-state index in [-0.39, 0.29) is 6.10 Å². The van der Waals surface area contributed by atoms with Crippen LogP contribution in [0.1, 0.15) is 233 Å². The van der Waals surface area contributed by atoms with Gasteiger partial charge in [-0.3, -0.25) is 0 Å². The van der Waals surface area contributed by atoms with Gasteiger partial charge in [-0.1, -0.05) is 142 Å². The van der Waals surface area contributed by atoms with Crippen LogP contribution in [0, 0.1) is 83.1 Å². The molecule has 0 saturated carbocycles. The molecule has 1 heteroatoms. The molecule has 0 amide bonds. The van der Waals surface area contributed by atoms with Crippen molar-refractivity contribution < 1.29 is 5.11 Å². The van der Waals surface area contributed by atoms with Crippen molar-refractivity contribution in [2.24, 2.45) is 0 Å². The number of benzene rings is 4. The number of rotatable bonds is 6. The molecule has 4 rings (SSSR count). The lowest BCUT2D eigenvalue weighted by Gasteiger charge is -2.27. The topological polar surface area (TPSA) is 20.2 Å². The highest BCUT2D eigenvalue weighted by atomic mass is 16.3. The van der Waals surface area contributed by atoms with Gasteiger partial charge < -0.3 is 5.11 Å². The van der Waals surface area contributed by atoms with Gasteiger partial charge >= 0.3 is 0 Å². The summed E-state index contributed by atoms with van der Waals surface area (Å²) in [5.74, 6) is 3.73. The van der Waals surface area contributed by atoms with Crippen molar-refractivity contribution in [3.63, 3.8) is 0 Å². The van der Waals surface area contributed by atoms with E-state index in [0.29, 0.717) is 35.5 Å². The molecule has 1 nitrogen and oxygen atoms in total. The first-order valence-electron chi connectivity index (χ1n) is 22.5.